The Kier molecular flexibility index (Phi) is 7.45. The van der Waals surface area contributed by atoms with Crippen LogP contribution in [0.25, 0.3) is 0 Å². The molecule has 20 heavy (non-hydrogen) atoms. The first-order valence-electron chi connectivity index (χ1n) is 6.34. The summed E-state index contributed by atoms with van der Waals surface area (Å²) >= 11 is 0. The van der Waals surface area contributed by atoms with Crippen LogP contribution in [-0.4, -0.2) is 46.9 Å². The molecule has 0 bridgehead atoms. The number of nitrogens with one attached hydrogen (secondary N) is 1. The molecule has 0 unspecified atom stereocenters. The summed E-state index contributed by atoms with van der Waals surface area (Å²) in [5, 5.41) is 0. The molecule has 1 heterocycles. The van der Waals surface area contributed by atoms with E-state index in [1.54, 1.807) is 7.11 Å². The fourth-order valence-corrected chi connectivity index (χ4v) is 2.43. The number of rotatable bonds is 10. The van der Waals surface area contributed by atoms with Gasteiger partial charge in [0.1, 0.15) is 10.7 Å². The standard InChI is InChI=1S/C12H21N3O4S/c1-18-8-9-19-7-3-2-6-15-20(16,17)11-4-5-12(13)14-10-11/h4-5,10,15H,2-3,6-9H2,1H3,(H2,13,14). The highest BCUT2D eigenvalue weighted by molar-refractivity contribution is 7.89. The van der Waals surface area contributed by atoms with Crippen LogP contribution in [0.15, 0.2) is 23.2 Å². The van der Waals surface area contributed by atoms with Crippen LogP contribution in [0, 0.1) is 0 Å². The molecule has 0 aliphatic rings. The van der Waals surface area contributed by atoms with Gasteiger partial charge in [-0.2, -0.15) is 0 Å². The predicted molar refractivity (Wildman–Crippen MR) is 75.8 cm³/mol. The minimum absolute atomic E-state index is 0.114. The molecule has 0 aliphatic carbocycles. The topological polar surface area (TPSA) is 104 Å². The van der Waals surface area contributed by atoms with Gasteiger partial charge in [0.25, 0.3) is 0 Å². The van der Waals surface area contributed by atoms with Crippen LogP contribution in [0.4, 0.5) is 5.82 Å². The molecule has 1 aromatic heterocycles. The quantitative estimate of drug-likeness (QED) is 0.606. The summed E-state index contributed by atoms with van der Waals surface area (Å²) in [6.07, 6.45) is 2.73. The second kappa shape index (κ2) is 8.85. The molecule has 0 saturated heterocycles. The number of nitrogens with two attached hydrogens (primary N) is 1. The van der Waals surface area contributed by atoms with Crippen molar-refractivity contribution in [3.05, 3.63) is 18.3 Å². The van der Waals surface area contributed by atoms with Crippen LogP contribution in [0.3, 0.4) is 0 Å². The van der Waals surface area contributed by atoms with Crippen LogP contribution in [0.5, 0.6) is 0 Å². The Morgan fingerprint density at radius 1 is 1.25 bits per heavy atom. The molecule has 3 N–H and O–H groups in total. The number of hydrogen-bond acceptors (Lipinski definition) is 6. The molecule has 0 radical (unpaired) electrons. The van der Waals surface area contributed by atoms with E-state index in [0.717, 1.165) is 6.42 Å². The lowest BCUT2D eigenvalue weighted by Gasteiger charge is -2.07. The van der Waals surface area contributed by atoms with Crippen molar-refractivity contribution in [2.24, 2.45) is 0 Å². The van der Waals surface area contributed by atoms with Gasteiger partial charge in [-0.3, -0.25) is 0 Å². The number of nitrogens with zero attached hydrogens (tertiary/aromatic N) is 1. The van der Waals surface area contributed by atoms with Crippen molar-refractivity contribution in [1.29, 1.82) is 0 Å². The maximum atomic E-state index is 11.9. The second-order valence-corrected chi connectivity index (χ2v) is 5.90. The first kappa shape index (κ1) is 16.8. The van der Waals surface area contributed by atoms with Crippen LogP contribution in [-0.2, 0) is 19.5 Å². The number of unbranched alkanes of at least 4 members (excludes halogenated alkanes) is 1. The van der Waals surface area contributed by atoms with E-state index in [4.69, 9.17) is 15.2 Å². The van der Waals surface area contributed by atoms with Crippen molar-refractivity contribution >= 4 is 15.8 Å². The average molecular weight is 303 g/mol. The van der Waals surface area contributed by atoms with Gasteiger partial charge in [0.2, 0.25) is 10.0 Å². The molecular weight excluding hydrogens is 282 g/mol. The Morgan fingerprint density at radius 2 is 2.05 bits per heavy atom. The van der Waals surface area contributed by atoms with Crippen molar-refractivity contribution < 1.29 is 17.9 Å². The third-order valence-corrected chi connectivity index (χ3v) is 3.96. The summed E-state index contributed by atoms with van der Waals surface area (Å²) in [4.78, 5) is 3.87. The van der Waals surface area contributed by atoms with Gasteiger partial charge in [0.05, 0.1) is 13.2 Å². The van der Waals surface area contributed by atoms with E-state index in [0.29, 0.717) is 32.8 Å². The van der Waals surface area contributed by atoms with Gasteiger partial charge in [-0.25, -0.2) is 18.1 Å². The van der Waals surface area contributed by atoms with Gasteiger partial charge >= 0.3 is 0 Å². The third kappa shape index (κ3) is 6.29. The van der Waals surface area contributed by atoms with E-state index < -0.39 is 10.0 Å². The van der Waals surface area contributed by atoms with E-state index in [9.17, 15) is 8.42 Å². The SMILES string of the molecule is COCCOCCCCNS(=O)(=O)c1ccc(N)nc1. The van der Waals surface area contributed by atoms with Crippen molar-refractivity contribution in [2.45, 2.75) is 17.7 Å². The van der Waals surface area contributed by atoms with E-state index in [2.05, 4.69) is 9.71 Å². The minimum Gasteiger partial charge on any atom is -0.384 e. The van der Waals surface area contributed by atoms with E-state index >= 15 is 0 Å². The number of nitrogen functional groups attached to an aromatic ring is 1. The summed E-state index contributed by atoms with van der Waals surface area (Å²) < 4.78 is 36.4. The molecule has 0 spiro atoms. The average Bonchev–Trinajstić information content (AvgIpc) is 2.42. The summed E-state index contributed by atoms with van der Waals surface area (Å²) in [6.45, 7) is 2.07. The van der Waals surface area contributed by atoms with Crippen molar-refractivity contribution in [3.8, 4) is 0 Å². The van der Waals surface area contributed by atoms with E-state index in [-0.39, 0.29) is 10.7 Å². The van der Waals surface area contributed by atoms with Gasteiger partial charge in [0, 0.05) is 26.5 Å². The smallest absolute Gasteiger partial charge is 0.242 e. The zero-order valence-corrected chi connectivity index (χ0v) is 12.4. The van der Waals surface area contributed by atoms with Crippen LogP contribution < -0.4 is 10.5 Å². The van der Waals surface area contributed by atoms with Gasteiger partial charge in [-0.15, -0.1) is 0 Å². The maximum absolute atomic E-state index is 11.9. The molecule has 0 saturated carbocycles. The highest BCUT2D eigenvalue weighted by Crippen LogP contribution is 2.08. The van der Waals surface area contributed by atoms with Crippen LogP contribution >= 0.6 is 0 Å². The van der Waals surface area contributed by atoms with Crippen LogP contribution in [0.2, 0.25) is 0 Å². The summed E-state index contributed by atoms with van der Waals surface area (Å²) in [7, 11) is -1.89. The number of sulfonamides is 1. The van der Waals surface area contributed by atoms with Crippen molar-refractivity contribution in [1.82, 2.24) is 9.71 Å². The Labute approximate surface area is 119 Å². The van der Waals surface area contributed by atoms with Gasteiger partial charge in [-0.05, 0) is 25.0 Å². The Balaban J connectivity index is 2.22. The molecule has 8 heteroatoms. The zero-order chi connectivity index (χ0) is 14.8. The first-order chi connectivity index (χ1) is 9.56. The summed E-state index contributed by atoms with van der Waals surface area (Å²) in [5.41, 5.74) is 5.41. The predicted octanol–water partition coefficient (Wildman–Crippen LogP) is 0.385. The van der Waals surface area contributed by atoms with Gasteiger partial charge < -0.3 is 15.2 Å². The van der Waals surface area contributed by atoms with Crippen molar-refractivity contribution in [2.75, 3.05) is 39.2 Å². The number of hydrogen-bond donors (Lipinski definition) is 2. The largest absolute Gasteiger partial charge is 0.384 e. The molecule has 0 aromatic carbocycles. The van der Waals surface area contributed by atoms with Crippen molar-refractivity contribution in [3.63, 3.8) is 0 Å². The first-order valence-corrected chi connectivity index (χ1v) is 7.82. The molecule has 0 fully saturated rings. The minimum atomic E-state index is -3.51. The second-order valence-electron chi connectivity index (χ2n) is 4.13. The number of ether oxygens (including phenoxy) is 2. The molecule has 0 atom stereocenters. The molecule has 1 aromatic rings. The Hall–Kier alpha value is -1.22. The highest BCUT2D eigenvalue weighted by atomic mass is 32.2. The molecular formula is C12H21N3O4S. The molecule has 1 rings (SSSR count). The number of aromatic nitrogens is 1. The highest BCUT2D eigenvalue weighted by Gasteiger charge is 2.13. The molecule has 0 aliphatic heterocycles. The number of pyridine rings is 1. The van der Waals surface area contributed by atoms with Gasteiger partial charge in [-0.1, -0.05) is 0 Å². The van der Waals surface area contributed by atoms with Crippen LogP contribution in [0.1, 0.15) is 12.8 Å². The maximum Gasteiger partial charge on any atom is 0.242 e. The normalized spacial score (nSPS) is 11.7. The van der Waals surface area contributed by atoms with Gasteiger partial charge in [0.15, 0.2) is 0 Å². The number of anilines is 1. The fourth-order valence-electron chi connectivity index (χ4n) is 1.41. The van der Waals surface area contributed by atoms with E-state index in [1.807, 2.05) is 0 Å². The lowest BCUT2D eigenvalue weighted by atomic mass is 10.3. The van der Waals surface area contributed by atoms with E-state index in [1.165, 1.54) is 18.3 Å². The zero-order valence-electron chi connectivity index (χ0n) is 11.5. The summed E-state index contributed by atoms with van der Waals surface area (Å²) in [6, 6.07) is 2.89. The molecule has 114 valence electrons. The Bertz CT molecular complexity index is 476. The lowest BCUT2D eigenvalue weighted by Crippen LogP contribution is -2.25. The number of methoxy groups -OCH3 is 1. The third-order valence-electron chi connectivity index (χ3n) is 2.51. The lowest BCUT2D eigenvalue weighted by molar-refractivity contribution is 0.0689. The Morgan fingerprint density at radius 3 is 2.70 bits per heavy atom. The monoisotopic (exact) mass is 303 g/mol. The molecule has 0 amide bonds. The molecule has 7 nitrogen and oxygen atoms in total. The fraction of sp³-hybridized carbons (Fsp3) is 0.583. The summed E-state index contributed by atoms with van der Waals surface area (Å²) in [5.74, 6) is 0.289.